The minimum Gasteiger partial charge on any atom is -0.488 e. The Morgan fingerprint density at radius 3 is 2.81 bits per heavy atom. The summed E-state index contributed by atoms with van der Waals surface area (Å²) in [5.74, 6) is 1.04. The first-order valence-corrected chi connectivity index (χ1v) is 7.61. The summed E-state index contributed by atoms with van der Waals surface area (Å²) in [6.45, 7) is 3.93. The Kier molecular flexibility index (Phi) is 4.20. The lowest BCUT2D eigenvalue weighted by Crippen LogP contribution is -2.31. The van der Waals surface area contributed by atoms with Crippen molar-refractivity contribution >= 4 is 0 Å². The van der Waals surface area contributed by atoms with E-state index in [2.05, 4.69) is 54.2 Å². The molecule has 3 nitrogen and oxygen atoms in total. The molecule has 1 aliphatic heterocycles. The molecule has 0 spiro atoms. The van der Waals surface area contributed by atoms with Gasteiger partial charge in [0, 0.05) is 25.7 Å². The lowest BCUT2D eigenvalue weighted by molar-refractivity contribution is 0.164. The van der Waals surface area contributed by atoms with Gasteiger partial charge in [0.15, 0.2) is 0 Å². The molecule has 3 rings (SSSR count). The van der Waals surface area contributed by atoms with Gasteiger partial charge in [-0.15, -0.1) is 0 Å². The first-order valence-electron chi connectivity index (χ1n) is 7.61. The number of fused-ring (bicyclic) bond motifs is 1. The molecule has 1 aromatic heterocycles. The smallest absolute Gasteiger partial charge is 0.123 e. The van der Waals surface area contributed by atoms with Gasteiger partial charge in [0.1, 0.15) is 11.9 Å². The van der Waals surface area contributed by atoms with Crippen LogP contribution < -0.4 is 4.74 Å². The molecular weight excluding hydrogens is 260 g/mol. The molecule has 0 amide bonds. The van der Waals surface area contributed by atoms with Crippen LogP contribution in [-0.4, -0.2) is 29.6 Å². The number of para-hydroxylation sites is 1. The van der Waals surface area contributed by atoms with E-state index in [9.17, 15) is 0 Å². The van der Waals surface area contributed by atoms with E-state index in [1.54, 1.807) is 0 Å². The summed E-state index contributed by atoms with van der Waals surface area (Å²) in [7, 11) is 2.13. The molecule has 3 heteroatoms. The van der Waals surface area contributed by atoms with Crippen molar-refractivity contribution in [2.24, 2.45) is 0 Å². The van der Waals surface area contributed by atoms with E-state index in [-0.39, 0.29) is 6.10 Å². The van der Waals surface area contributed by atoms with Crippen molar-refractivity contribution in [2.75, 3.05) is 13.6 Å². The second-order valence-electron chi connectivity index (χ2n) is 5.76. The Hall–Kier alpha value is -1.87. The fraction of sp³-hybridized carbons (Fsp3) is 0.389. The molecule has 1 atom stereocenters. The van der Waals surface area contributed by atoms with E-state index >= 15 is 0 Å². The van der Waals surface area contributed by atoms with Crippen LogP contribution >= 0.6 is 0 Å². The Labute approximate surface area is 126 Å². The number of benzene rings is 1. The Morgan fingerprint density at radius 2 is 2.10 bits per heavy atom. The zero-order valence-electron chi connectivity index (χ0n) is 12.7. The fourth-order valence-electron chi connectivity index (χ4n) is 2.80. The molecule has 2 aromatic rings. The number of likely N-dealkylation sites (N-methyl/N-ethyl adjacent to an activating group) is 1. The second-order valence-corrected chi connectivity index (χ2v) is 5.76. The maximum atomic E-state index is 5.99. The maximum absolute atomic E-state index is 5.99. The van der Waals surface area contributed by atoms with E-state index in [0.29, 0.717) is 0 Å². The van der Waals surface area contributed by atoms with Crippen LogP contribution in [-0.2, 0) is 19.4 Å². The highest BCUT2D eigenvalue weighted by molar-refractivity contribution is 5.37. The number of hydrogen-bond donors (Lipinski definition) is 0. The van der Waals surface area contributed by atoms with Crippen molar-refractivity contribution in [1.29, 1.82) is 0 Å². The van der Waals surface area contributed by atoms with Gasteiger partial charge >= 0.3 is 0 Å². The number of nitrogens with zero attached hydrogens (tertiary/aromatic N) is 2. The van der Waals surface area contributed by atoms with Gasteiger partial charge in [0.25, 0.3) is 0 Å². The van der Waals surface area contributed by atoms with Crippen molar-refractivity contribution in [3.8, 4) is 5.75 Å². The normalized spacial score (nSPS) is 16.8. The van der Waals surface area contributed by atoms with Crippen molar-refractivity contribution in [1.82, 2.24) is 9.88 Å². The van der Waals surface area contributed by atoms with Crippen molar-refractivity contribution in [3.63, 3.8) is 0 Å². The summed E-state index contributed by atoms with van der Waals surface area (Å²) >= 11 is 0. The highest BCUT2D eigenvalue weighted by Gasteiger charge is 2.23. The maximum Gasteiger partial charge on any atom is 0.123 e. The topological polar surface area (TPSA) is 25.4 Å². The summed E-state index contributed by atoms with van der Waals surface area (Å²) in [6, 6.07) is 12.6. The largest absolute Gasteiger partial charge is 0.488 e. The average Bonchev–Trinajstić information content (AvgIpc) is 2.90. The van der Waals surface area contributed by atoms with Crippen LogP contribution in [0.2, 0.25) is 0 Å². The van der Waals surface area contributed by atoms with Crippen LogP contribution in [0, 0.1) is 0 Å². The highest BCUT2D eigenvalue weighted by Crippen LogP contribution is 2.28. The van der Waals surface area contributed by atoms with Crippen LogP contribution in [0.15, 0.2) is 42.6 Å². The Morgan fingerprint density at radius 1 is 1.24 bits per heavy atom. The third kappa shape index (κ3) is 3.42. The number of pyridine rings is 1. The van der Waals surface area contributed by atoms with E-state index in [1.807, 2.05) is 12.3 Å². The van der Waals surface area contributed by atoms with Crippen LogP contribution in [0.4, 0.5) is 0 Å². The quantitative estimate of drug-likeness (QED) is 0.842. The van der Waals surface area contributed by atoms with Crippen LogP contribution in [0.3, 0.4) is 0 Å². The minimum atomic E-state index is 0.252. The Balaban J connectivity index is 1.54. The van der Waals surface area contributed by atoms with Crippen LogP contribution in [0.5, 0.6) is 5.75 Å². The number of aromatic nitrogens is 1. The highest BCUT2D eigenvalue weighted by atomic mass is 16.5. The molecule has 0 saturated carbocycles. The minimum absolute atomic E-state index is 0.252. The molecular formula is C18H22N2O. The standard InChI is InChI=1S/C18H22N2O/c1-3-14-8-9-16(19-11-14)12-20(2)13-17-10-15-6-4-5-7-18(15)21-17/h4-9,11,17H,3,10,12-13H2,1-2H3. The van der Waals surface area contributed by atoms with Crippen molar-refractivity contribution < 1.29 is 4.74 Å². The van der Waals surface area contributed by atoms with Gasteiger partial charge in [0.05, 0.1) is 5.69 Å². The molecule has 2 heterocycles. The third-order valence-electron chi connectivity index (χ3n) is 3.96. The summed E-state index contributed by atoms with van der Waals surface area (Å²) in [5, 5.41) is 0. The van der Waals surface area contributed by atoms with Gasteiger partial charge in [-0.05, 0) is 36.7 Å². The number of ether oxygens (including phenoxy) is 1. The van der Waals surface area contributed by atoms with Gasteiger partial charge in [-0.2, -0.15) is 0 Å². The summed E-state index contributed by atoms with van der Waals surface area (Å²) < 4.78 is 5.99. The van der Waals surface area contributed by atoms with E-state index in [1.165, 1.54) is 11.1 Å². The monoisotopic (exact) mass is 282 g/mol. The fourth-order valence-corrected chi connectivity index (χ4v) is 2.80. The molecule has 0 fully saturated rings. The molecule has 0 saturated heterocycles. The van der Waals surface area contributed by atoms with Gasteiger partial charge in [0.2, 0.25) is 0 Å². The van der Waals surface area contributed by atoms with Crippen LogP contribution in [0.1, 0.15) is 23.7 Å². The molecule has 0 bridgehead atoms. The predicted molar refractivity (Wildman–Crippen MR) is 84.5 cm³/mol. The number of aryl methyl sites for hydroxylation is 1. The molecule has 110 valence electrons. The summed E-state index contributed by atoms with van der Waals surface area (Å²) in [5.41, 5.74) is 3.72. The summed E-state index contributed by atoms with van der Waals surface area (Å²) in [6.07, 6.45) is 4.27. The zero-order chi connectivity index (χ0) is 14.7. The first kappa shape index (κ1) is 14.1. The molecule has 21 heavy (non-hydrogen) atoms. The summed E-state index contributed by atoms with van der Waals surface area (Å²) in [4.78, 5) is 6.80. The number of hydrogen-bond acceptors (Lipinski definition) is 3. The molecule has 0 radical (unpaired) electrons. The molecule has 1 aliphatic rings. The van der Waals surface area contributed by atoms with Crippen molar-refractivity contribution in [3.05, 3.63) is 59.4 Å². The lowest BCUT2D eigenvalue weighted by atomic mass is 10.1. The average molecular weight is 282 g/mol. The van der Waals surface area contributed by atoms with E-state index in [0.717, 1.165) is 37.4 Å². The van der Waals surface area contributed by atoms with Crippen molar-refractivity contribution in [2.45, 2.75) is 32.4 Å². The second kappa shape index (κ2) is 6.27. The third-order valence-corrected chi connectivity index (χ3v) is 3.96. The lowest BCUT2D eigenvalue weighted by Gasteiger charge is -2.20. The Bertz CT molecular complexity index is 569. The van der Waals surface area contributed by atoms with Crippen LogP contribution in [0.25, 0.3) is 0 Å². The van der Waals surface area contributed by atoms with Gasteiger partial charge < -0.3 is 4.74 Å². The first-order chi connectivity index (χ1) is 10.2. The van der Waals surface area contributed by atoms with E-state index in [4.69, 9.17) is 4.74 Å². The molecule has 0 aliphatic carbocycles. The SMILES string of the molecule is CCc1ccc(CN(C)CC2Cc3ccccc3O2)nc1. The van der Waals surface area contributed by atoms with Gasteiger partial charge in [-0.25, -0.2) is 0 Å². The van der Waals surface area contributed by atoms with Gasteiger partial charge in [-0.1, -0.05) is 31.2 Å². The predicted octanol–water partition coefficient (Wildman–Crippen LogP) is 3.08. The molecule has 0 N–H and O–H groups in total. The van der Waals surface area contributed by atoms with E-state index < -0.39 is 0 Å². The number of rotatable bonds is 5. The molecule has 1 aromatic carbocycles. The molecule has 1 unspecified atom stereocenters. The van der Waals surface area contributed by atoms with Gasteiger partial charge in [-0.3, -0.25) is 9.88 Å². The zero-order valence-corrected chi connectivity index (χ0v) is 12.7.